The number of rotatable bonds is 8. The van der Waals surface area contributed by atoms with Crippen LogP contribution in [0.1, 0.15) is 105 Å². The Kier molecular flexibility index (Phi) is 11.9. The second-order valence-electron chi connectivity index (χ2n) is 15.0. The van der Waals surface area contributed by atoms with Crippen LogP contribution in [-0.4, -0.2) is 40.0 Å². The summed E-state index contributed by atoms with van der Waals surface area (Å²) < 4.78 is 5.43. The van der Waals surface area contributed by atoms with Crippen molar-refractivity contribution in [2.24, 2.45) is 29.6 Å². The molecule has 0 bridgehead atoms. The number of nitrogens with zero attached hydrogens (tertiary/aromatic N) is 1. The van der Waals surface area contributed by atoms with E-state index in [9.17, 15) is 19.8 Å². The Morgan fingerprint density at radius 3 is 2.44 bits per heavy atom. The van der Waals surface area contributed by atoms with Crippen LogP contribution in [0.4, 0.5) is 5.82 Å². The molecule has 2 aromatic carbocycles. The van der Waals surface area contributed by atoms with Gasteiger partial charge in [-0.25, -0.2) is 4.98 Å². The van der Waals surface area contributed by atoms with E-state index in [0.717, 1.165) is 53.9 Å². The molecule has 6 rings (SSSR count). The number of nitrogen functional groups attached to an aromatic ring is 1. The zero-order valence-corrected chi connectivity index (χ0v) is 29.4. The van der Waals surface area contributed by atoms with Gasteiger partial charge in [0.05, 0.1) is 13.0 Å². The van der Waals surface area contributed by atoms with Gasteiger partial charge >= 0.3 is 0 Å². The van der Waals surface area contributed by atoms with E-state index in [1.807, 2.05) is 42.5 Å². The Hall–Kier alpha value is -4.15. The normalized spacial score (nSPS) is 26.3. The van der Waals surface area contributed by atoms with Crippen LogP contribution in [0.3, 0.4) is 0 Å². The molecule has 1 aromatic heterocycles. The lowest BCUT2D eigenvalue weighted by molar-refractivity contribution is -0.142. The van der Waals surface area contributed by atoms with Crippen molar-refractivity contribution in [1.82, 2.24) is 4.98 Å². The first kappa shape index (κ1) is 35.7. The molecule has 0 radical (unpaired) electrons. The molecule has 2 fully saturated rings. The number of phenolic OH excluding ortho intramolecular Hbond substituents is 1. The van der Waals surface area contributed by atoms with E-state index in [-0.39, 0.29) is 42.1 Å². The van der Waals surface area contributed by atoms with Gasteiger partial charge in [0.15, 0.2) is 29.2 Å². The molecule has 6 atom stereocenters. The lowest BCUT2D eigenvalue weighted by Crippen LogP contribution is -2.38. The van der Waals surface area contributed by atoms with Gasteiger partial charge in [-0.05, 0) is 96.4 Å². The molecule has 2 saturated carbocycles. The molecule has 0 aliphatic heterocycles. The Morgan fingerprint density at radius 1 is 0.900 bits per heavy atom. The summed E-state index contributed by atoms with van der Waals surface area (Å²) in [5.74, 6) is 7.15. The highest BCUT2D eigenvalue weighted by atomic mass is 16.5. The summed E-state index contributed by atoms with van der Waals surface area (Å²) in [6, 6.07) is 17.4. The van der Waals surface area contributed by atoms with Crippen LogP contribution in [0.25, 0.3) is 0 Å². The molecule has 50 heavy (non-hydrogen) atoms. The summed E-state index contributed by atoms with van der Waals surface area (Å²) in [6.45, 7) is 0. The number of ketones is 2. The van der Waals surface area contributed by atoms with Gasteiger partial charge in [-0.3, -0.25) is 9.59 Å². The van der Waals surface area contributed by atoms with Crippen LogP contribution >= 0.6 is 0 Å². The Balaban J connectivity index is 1.40. The number of pyridine rings is 1. The number of benzene rings is 2. The van der Waals surface area contributed by atoms with E-state index in [1.54, 1.807) is 18.3 Å². The number of carbonyl (C=O) groups excluding carboxylic acids is 2. The second kappa shape index (κ2) is 16.7. The van der Waals surface area contributed by atoms with E-state index in [0.29, 0.717) is 24.4 Å². The van der Waals surface area contributed by atoms with Gasteiger partial charge in [-0.1, -0.05) is 93.5 Å². The number of hydrogen-bond donors (Lipinski definition) is 3. The number of hydrogen-bond acceptors (Lipinski definition) is 7. The highest BCUT2D eigenvalue weighted by molar-refractivity contribution is 6.06. The number of fused-ring (bicyclic) bond motifs is 2. The number of methoxy groups -OCH3 is 1. The lowest BCUT2D eigenvalue weighted by Gasteiger charge is -2.26. The first-order valence-corrected chi connectivity index (χ1v) is 18.7. The summed E-state index contributed by atoms with van der Waals surface area (Å²) >= 11 is 0. The predicted octanol–water partition coefficient (Wildman–Crippen LogP) is 7.60. The van der Waals surface area contributed by atoms with Crippen LogP contribution in [0.2, 0.25) is 0 Å². The third-order valence-electron chi connectivity index (χ3n) is 11.5. The number of anilines is 1. The largest absolute Gasteiger partial charge is 0.504 e. The molecule has 1 heterocycles. The number of aromatic hydroxyl groups is 1. The summed E-state index contributed by atoms with van der Waals surface area (Å²) in [7, 11) is 1.49. The molecule has 3 aromatic rings. The Labute approximate surface area is 297 Å². The maximum Gasteiger partial charge on any atom is 0.173 e. The van der Waals surface area contributed by atoms with Crippen molar-refractivity contribution in [2.45, 2.75) is 102 Å². The second-order valence-corrected chi connectivity index (χ2v) is 15.0. The number of carbonyl (C=O) groups is 2. The first-order valence-electron chi connectivity index (χ1n) is 18.7. The van der Waals surface area contributed by atoms with Crippen molar-refractivity contribution in [3.8, 4) is 23.3 Å². The molecule has 7 nitrogen and oxygen atoms in total. The number of phenols is 1. The van der Waals surface area contributed by atoms with Crippen LogP contribution in [0.5, 0.6) is 11.5 Å². The van der Waals surface area contributed by atoms with Crippen molar-refractivity contribution in [2.75, 3.05) is 12.8 Å². The lowest BCUT2D eigenvalue weighted by atomic mass is 9.77. The Bertz CT molecular complexity index is 1690. The van der Waals surface area contributed by atoms with Crippen LogP contribution < -0.4 is 10.5 Å². The highest BCUT2D eigenvalue weighted by Crippen LogP contribution is 2.42. The average molecular weight is 677 g/mol. The van der Waals surface area contributed by atoms with E-state index < -0.39 is 23.7 Å². The van der Waals surface area contributed by atoms with E-state index in [4.69, 9.17) is 10.5 Å². The molecule has 264 valence electrons. The molecule has 3 aliphatic rings. The third-order valence-corrected chi connectivity index (χ3v) is 11.5. The molecule has 0 saturated heterocycles. The monoisotopic (exact) mass is 676 g/mol. The van der Waals surface area contributed by atoms with Gasteiger partial charge in [-0.2, -0.15) is 0 Å². The fourth-order valence-electron chi connectivity index (χ4n) is 8.92. The maximum absolute atomic E-state index is 14.3. The van der Waals surface area contributed by atoms with Crippen LogP contribution in [-0.2, 0) is 22.4 Å². The van der Waals surface area contributed by atoms with Crippen molar-refractivity contribution < 1.29 is 24.5 Å². The third kappa shape index (κ3) is 8.76. The van der Waals surface area contributed by atoms with Crippen molar-refractivity contribution in [1.29, 1.82) is 0 Å². The zero-order valence-electron chi connectivity index (χ0n) is 29.4. The number of aryl methyl sites for hydroxylation is 1. The quantitative estimate of drug-likeness (QED) is 0.166. The number of aliphatic hydroxyl groups excluding tert-OH is 1. The number of nitrogens with two attached hydrogens (primary N) is 1. The molecule has 3 aliphatic carbocycles. The molecule has 7 heteroatoms. The zero-order chi connectivity index (χ0) is 35.0. The number of aliphatic hydroxyl groups is 1. The van der Waals surface area contributed by atoms with Crippen molar-refractivity contribution in [3.05, 3.63) is 83.0 Å². The van der Waals surface area contributed by atoms with E-state index >= 15 is 0 Å². The van der Waals surface area contributed by atoms with Crippen molar-refractivity contribution >= 4 is 17.4 Å². The Morgan fingerprint density at radius 2 is 1.68 bits per heavy atom. The summed E-state index contributed by atoms with van der Waals surface area (Å²) in [5, 5.41) is 22.2. The predicted molar refractivity (Wildman–Crippen MR) is 196 cm³/mol. The van der Waals surface area contributed by atoms with Crippen LogP contribution in [0, 0.1) is 41.4 Å². The summed E-state index contributed by atoms with van der Waals surface area (Å²) in [6.07, 6.45) is 13.4. The van der Waals surface area contributed by atoms with Gasteiger partial charge in [0.25, 0.3) is 0 Å². The fourth-order valence-corrected chi connectivity index (χ4v) is 8.92. The minimum atomic E-state index is -1.68. The molecule has 6 unspecified atom stereocenters. The van der Waals surface area contributed by atoms with E-state index in [1.165, 1.54) is 45.6 Å². The molecule has 0 spiro atoms. The highest BCUT2D eigenvalue weighted by Gasteiger charge is 2.40. The SMILES string of the molecule is COc1cc2c(cc1O)C(c1ccccc1)C#CC1CC(Cc3ccnc(N)c3)CC(CCCC3CCCCC3)CC1C(=O)C(O)C(=O)CC2. The van der Waals surface area contributed by atoms with E-state index in [2.05, 4.69) is 16.8 Å². The number of Topliss-reactive ketones (excluding diaryl/α,β-unsaturated/α-hetero) is 2. The van der Waals surface area contributed by atoms with Gasteiger partial charge in [-0.15, -0.1) is 0 Å². The topological polar surface area (TPSA) is 123 Å². The maximum atomic E-state index is 14.3. The molecular weight excluding hydrogens is 624 g/mol. The number of aromatic nitrogens is 1. The molecule has 4 N–H and O–H groups in total. The molecular formula is C43H52N2O5. The minimum Gasteiger partial charge on any atom is -0.504 e. The van der Waals surface area contributed by atoms with Gasteiger partial charge in [0.1, 0.15) is 5.82 Å². The molecule has 0 amide bonds. The first-order chi connectivity index (χ1) is 24.3. The standard InChI is InChI=1S/C43H52N2O5/c1-50-40-26-34-16-18-38(46)43(49)42(48)37-24-29(12-8-11-28-9-4-2-5-10-28)21-31(22-30-19-20-45-41(44)25-30)23-33(37)15-17-35(36(34)27-39(40)47)32-13-6-3-7-14-32/h3,6-7,13-14,19-20,25-29,31,33,35,37,43,47,49H,2,4-5,8-12,16,18,21-24H2,1H3,(H2,44,45). The summed E-state index contributed by atoms with van der Waals surface area (Å²) in [5.41, 5.74) is 9.76. The average Bonchev–Trinajstić information content (AvgIpc) is 3.29. The number of ether oxygens (including phenoxy) is 1. The smallest absolute Gasteiger partial charge is 0.173 e. The van der Waals surface area contributed by atoms with Crippen molar-refractivity contribution in [3.63, 3.8) is 0 Å². The summed E-state index contributed by atoms with van der Waals surface area (Å²) in [4.78, 5) is 32.0. The van der Waals surface area contributed by atoms with Gasteiger partial charge in [0, 0.05) is 24.5 Å². The fraction of sp³-hybridized carbons (Fsp3) is 0.512. The minimum absolute atomic E-state index is 0.00251. The van der Waals surface area contributed by atoms with Gasteiger partial charge in [0.2, 0.25) is 0 Å². The van der Waals surface area contributed by atoms with Crippen LogP contribution in [0.15, 0.2) is 60.8 Å². The van der Waals surface area contributed by atoms with Gasteiger partial charge < -0.3 is 20.7 Å².